The standard InChI is InChI=1S/C16H27N3.H2/c1-16(2,3)13-8-9-17-15(11-13)18-12-14-7-5-6-10-19(14)4;/h8-9,11,14H,5-7,10,12H2,1-4H3,(H,17,18);1H. The number of likely N-dealkylation sites (N-methyl/N-ethyl adjacent to an activating group) is 1. The van der Waals surface area contributed by atoms with Crippen LogP contribution in [0.4, 0.5) is 5.82 Å². The Morgan fingerprint density at radius 2 is 2.21 bits per heavy atom. The van der Waals surface area contributed by atoms with E-state index in [-0.39, 0.29) is 6.84 Å². The van der Waals surface area contributed by atoms with E-state index in [1.165, 1.54) is 31.4 Å². The summed E-state index contributed by atoms with van der Waals surface area (Å²) in [6.07, 6.45) is 5.90. The summed E-state index contributed by atoms with van der Waals surface area (Å²) >= 11 is 0. The zero-order valence-corrected chi connectivity index (χ0v) is 12.7. The molecule has 1 unspecified atom stereocenters. The van der Waals surface area contributed by atoms with Crippen molar-refractivity contribution >= 4 is 5.82 Å². The number of anilines is 1. The van der Waals surface area contributed by atoms with E-state index in [1.807, 2.05) is 6.20 Å². The molecule has 1 N–H and O–H groups in total. The first-order chi connectivity index (χ1) is 8.97. The molecule has 3 heteroatoms. The van der Waals surface area contributed by atoms with Crippen molar-refractivity contribution in [2.24, 2.45) is 0 Å². The minimum atomic E-state index is 0. The van der Waals surface area contributed by atoms with Gasteiger partial charge in [-0.2, -0.15) is 0 Å². The van der Waals surface area contributed by atoms with E-state index in [0.717, 1.165) is 12.4 Å². The first-order valence-electron chi connectivity index (χ1n) is 7.37. The van der Waals surface area contributed by atoms with Crippen molar-refractivity contribution in [1.82, 2.24) is 9.88 Å². The van der Waals surface area contributed by atoms with E-state index in [1.54, 1.807) is 0 Å². The summed E-state index contributed by atoms with van der Waals surface area (Å²) in [5.41, 5.74) is 1.52. The summed E-state index contributed by atoms with van der Waals surface area (Å²) in [6.45, 7) is 8.93. The van der Waals surface area contributed by atoms with Crippen LogP contribution in [0.3, 0.4) is 0 Å². The van der Waals surface area contributed by atoms with Crippen LogP contribution in [0.15, 0.2) is 18.3 Å². The number of pyridine rings is 1. The smallest absolute Gasteiger partial charge is 0.126 e. The minimum Gasteiger partial charge on any atom is -0.368 e. The molecule has 0 aliphatic carbocycles. The highest BCUT2D eigenvalue weighted by molar-refractivity contribution is 5.40. The van der Waals surface area contributed by atoms with Crippen LogP contribution in [0.1, 0.15) is 47.0 Å². The molecule has 1 aliphatic heterocycles. The molecular formula is C16H29N3. The Bertz CT molecular complexity index is 414. The van der Waals surface area contributed by atoms with Crippen molar-refractivity contribution in [3.63, 3.8) is 0 Å². The van der Waals surface area contributed by atoms with Crippen molar-refractivity contribution in [3.05, 3.63) is 23.9 Å². The van der Waals surface area contributed by atoms with Gasteiger partial charge in [0.2, 0.25) is 0 Å². The molecule has 1 atom stereocenters. The van der Waals surface area contributed by atoms with Crippen molar-refractivity contribution in [3.8, 4) is 0 Å². The second kappa shape index (κ2) is 5.91. The van der Waals surface area contributed by atoms with Crippen LogP contribution in [0.25, 0.3) is 0 Å². The molecule has 1 aliphatic rings. The van der Waals surface area contributed by atoms with E-state index < -0.39 is 0 Å². The van der Waals surface area contributed by atoms with Crippen molar-refractivity contribution < 1.29 is 1.43 Å². The van der Waals surface area contributed by atoms with E-state index >= 15 is 0 Å². The van der Waals surface area contributed by atoms with E-state index in [2.05, 4.69) is 55.2 Å². The molecule has 0 bridgehead atoms. The van der Waals surface area contributed by atoms with Crippen LogP contribution < -0.4 is 5.32 Å². The monoisotopic (exact) mass is 263 g/mol. The number of rotatable bonds is 3. The molecule has 0 spiro atoms. The number of hydrogen-bond acceptors (Lipinski definition) is 3. The minimum absolute atomic E-state index is 0. The normalized spacial score (nSPS) is 21.4. The van der Waals surface area contributed by atoms with Gasteiger partial charge in [0.05, 0.1) is 0 Å². The molecule has 1 aromatic rings. The van der Waals surface area contributed by atoms with Gasteiger partial charge in [0, 0.05) is 20.2 Å². The highest BCUT2D eigenvalue weighted by atomic mass is 15.2. The third-order valence-electron chi connectivity index (χ3n) is 4.07. The highest BCUT2D eigenvalue weighted by Gasteiger charge is 2.19. The number of hydrogen-bond donors (Lipinski definition) is 1. The third kappa shape index (κ3) is 3.93. The fraction of sp³-hybridized carbons (Fsp3) is 0.688. The maximum atomic E-state index is 4.43. The summed E-state index contributed by atoms with van der Waals surface area (Å²) in [5.74, 6) is 1.01. The number of aromatic nitrogens is 1. The van der Waals surface area contributed by atoms with Gasteiger partial charge in [-0.05, 0) is 49.5 Å². The van der Waals surface area contributed by atoms with Gasteiger partial charge in [-0.15, -0.1) is 0 Å². The molecular weight excluding hydrogens is 234 g/mol. The molecule has 1 fully saturated rings. The molecule has 0 radical (unpaired) electrons. The van der Waals surface area contributed by atoms with Crippen LogP contribution in [-0.4, -0.2) is 36.1 Å². The van der Waals surface area contributed by atoms with Gasteiger partial charge in [0.25, 0.3) is 0 Å². The Hall–Kier alpha value is -1.09. The van der Waals surface area contributed by atoms with Gasteiger partial charge < -0.3 is 10.2 Å². The first kappa shape index (κ1) is 14.3. The molecule has 2 rings (SSSR count). The average molecular weight is 263 g/mol. The maximum Gasteiger partial charge on any atom is 0.126 e. The first-order valence-corrected chi connectivity index (χ1v) is 7.37. The molecule has 0 saturated carbocycles. The fourth-order valence-corrected chi connectivity index (χ4v) is 2.62. The van der Waals surface area contributed by atoms with Crippen molar-refractivity contribution in [1.29, 1.82) is 0 Å². The Balaban J connectivity index is 0.00000200. The largest absolute Gasteiger partial charge is 0.368 e. The Morgan fingerprint density at radius 1 is 1.42 bits per heavy atom. The Morgan fingerprint density at radius 3 is 2.89 bits per heavy atom. The Kier molecular flexibility index (Phi) is 4.46. The molecule has 3 nitrogen and oxygen atoms in total. The summed E-state index contributed by atoms with van der Waals surface area (Å²) in [5, 5.41) is 3.50. The van der Waals surface area contributed by atoms with Gasteiger partial charge >= 0.3 is 0 Å². The van der Waals surface area contributed by atoms with Crippen LogP contribution >= 0.6 is 0 Å². The molecule has 2 heterocycles. The van der Waals surface area contributed by atoms with Crippen molar-refractivity contribution in [2.75, 3.05) is 25.5 Å². The highest BCUT2D eigenvalue weighted by Crippen LogP contribution is 2.23. The van der Waals surface area contributed by atoms with E-state index in [0.29, 0.717) is 6.04 Å². The lowest BCUT2D eigenvalue weighted by Gasteiger charge is -2.32. The zero-order chi connectivity index (χ0) is 13.9. The molecule has 108 valence electrons. The lowest BCUT2D eigenvalue weighted by atomic mass is 9.88. The average Bonchev–Trinajstić information content (AvgIpc) is 2.37. The van der Waals surface area contributed by atoms with E-state index in [9.17, 15) is 0 Å². The van der Waals surface area contributed by atoms with Crippen LogP contribution in [0, 0.1) is 0 Å². The van der Waals surface area contributed by atoms with Crippen LogP contribution in [0.5, 0.6) is 0 Å². The maximum absolute atomic E-state index is 4.43. The van der Waals surface area contributed by atoms with Gasteiger partial charge in [-0.3, -0.25) is 0 Å². The predicted octanol–water partition coefficient (Wildman–Crippen LogP) is 3.52. The zero-order valence-electron chi connectivity index (χ0n) is 12.7. The molecule has 1 aromatic heterocycles. The van der Waals surface area contributed by atoms with Crippen LogP contribution in [-0.2, 0) is 5.41 Å². The van der Waals surface area contributed by atoms with Gasteiger partial charge in [0.15, 0.2) is 0 Å². The molecule has 19 heavy (non-hydrogen) atoms. The van der Waals surface area contributed by atoms with Crippen LogP contribution in [0.2, 0.25) is 0 Å². The molecule has 0 amide bonds. The van der Waals surface area contributed by atoms with Gasteiger partial charge in [-0.25, -0.2) is 4.98 Å². The SMILES string of the molecule is CN1CCCCC1CNc1cc(C(C)(C)C)ccn1.[HH]. The number of nitrogens with one attached hydrogen (secondary N) is 1. The lowest BCUT2D eigenvalue weighted by molar-refractivity contribution is 0.194. The van der Waals surface area contributed by atoms with Crippen molar-refractivity contribution in [2.45, 2.75) is 51.5 Å². The number of nitrogens with zero attached hydrogens (tertiary/aromatic N) is 2. The predicted molar refractivity (Wildman–Crippen MR) is 83.8 cm³/mol. The lowest BCUT2D eigenvalue weighted by Crippen LogP contribution is -2.40. The van der Waals surface area contributed by atoms with E-state index in [4.69, 9.17) is 0 Å². The summed E-state index contributed by atoms with van der Waals surface area (Å²) < 4.78 is 0. The van der Waals surface area contributed by atoms with Gasteiger partial charge in [0.1, 0.15) is 5.82 Å². The molecule has 1 saturated heterocycles. The number of likely N-dealkylation sites (tertiary alicyclic amines) is 1. The summed E-state index contributed by atoms with van der Waals surface area (Å²) in [4.78, 5) is 6.90. The second-order valence-electron chi connectivity index (χ2n) is 6.69. The van der Waals surface area contributed by atoms with Gasteiger partial charge in [-0.1, -0.05) is 27.2 Å². The Labute approximate surface area is 118 Å². The number of piperidine rings is 1. The third-order valence-corrected chi connectivity index (χ3v) is 4.07. The quantitative estimate of drug-likeness (QED) is 0.904. The summed E-state index contributed by atoms with van der Waals surface area (Å²) in [6, 6.07) is 4.94. The second-order valence-corrected chi connectivity index (χ2v) is 6.69. The molecule has 0 aromatic carbocycles. The fourth-order valence-electron chi connectivity index (χ4n) is 2.62. The summed E-state index contributed by atoms with van der Waals surface area (Å²) in [7, 11) is 2.23. The topological polar surface area (TPSA) is 28.2 Å².